The number of rotatable bonds is 4. The second-order valence-electron chi connectivity index (χ2n) is 6.94. The van der Waals surface area contributed by atoms with Crippen molar-refractivity contribution in [3.63, 3.8) is 0 Å². The van der Waals surface area contributed by atoms with Crippen molar-refractivity contribution in [2.75, 3.05) is 31.1 Å². The van der Waals surface area contributed by atoms with Crippen LogP contribution in [0.3, 0.4) is 0 Å². The molecule has 2 atom stereocenters. The lowest BCUT2D eigenvalue weighted by Crippen LogP contribution is -2.49. The number of nitriles is 1. The summed E-state index contributed by atoms with van der Waals surface area (Å²) < 4.78 is 0. The van der Waals surface area contributed by atoms with Crippen LogP contribution >= 0.6 is 0 Å². The molecule has 0 aliphatic carbocycles. The van der Waals surface area contributed by atoms with Crippen molar-refractivity contribution in [2.45, 2.75) is 25.3 Å². The molecule has 0 aromatic carbocycles. The minimum absolute atomic E-state index is 0.561. The van der Waals surface area contributed by atoms with Gasteiger partial charge in [0.05, 0.1) is 5.56 Å². The van der Waals surface area contributed by atoms with Crippen LogP contribution in [0.25, 0.3) is 0 Å². The number of nitrogens with zero attached hydrogens (tertiary/aromatic N) is 5. The van der Waals surface area contributed by atoms with E-state index in [9.17, 15) is 5.26 Å². The number of hydrogen-bond donors (Lipinski definition) is 0. The Morgan fingerprint density at radius 2 is 1.96 bits per heavy atom. The monoisotopic (exact) mass is 333 g/mol. The molecular formula is C20H23N5. The Hall–Kier alpha value is -2.45. The van der Waals surface area contributed by atoms with E-state index in [-0.39, 0.29) is 0 Å². The van der Waals surface area contributed by atoms with Crippen LogP contribution < -0.4 is 4.90 Å². The van der Waals surface area contributed by atoms with Gasteiger partial charge < -0.3 is 4.90 Å². The normalized spacial score (nSPS) is 23.2. The van der Waals surface area contributed by atoms with Gasteiger partial charge in [0.1, 0.15) is 11.9 Å². The third-order valence-corrected chi connectivity index (χ3v) is 5.57. The Kier molecular flexibility index (Phi) is 4.62. The first kappa shape index (κ1) is 16.0. The lowest BCUT2D eigenvalue weighted by atomic mass is 9.92. The maximum atomic E-state index is 9.36. The second kappa shape index (κ2) is 7.20. The van der Waals surface area contributed by atoms with E-state index in [4.69, 9.17) is 0 Å². The maximum Gasteiger partial charge on any atom is 0.146 e. The predicted octanol–water partition coefficient (Wildman–Crippen LogP) is 2.49. The third-order valence-electron chi connectivity index (χ3n) is 5.57. The molecular weight excluding hydrogens is 310 g/mol. The van der Waals surface area contributed by atoms with Gasteiger partial charge in [-0.2, -0.15) is 5.26 Å². The molecule has 5 heteroatoms. The van der Waals surface area contributed by atoms with Gasteiger partial charge in [-0.05, 0) is 49.6 Å². The van der Waals surface area contributed by atoms with Gasteiger partial charge in [0, 0.05) is 50.2 Å². The van der Waals surface area contributed by atoms with Crippen molar-refractivity contribution < 1.29 is 0 Å². The topological polar surface area (TPSA) is 56.1 Å². The van der Waals surface area contributed by atoms with E-state index in [1.165, 1.54) is 19.4 Å². The van der Waals surface area contributed by atoms with Gasteiger partial charge in [0.2, 0.25) is 0 Å². The highest BCUT2D eigenvalue weighted by Crippen LogP contribution is 2.33. The molecule has 5 nitrogen and oxygen atoms in total. The predicted molar refractivity (Wildman–Crippen MR) is 97.2 cm³/mol. The van der Waals surface area contributed by atoms with E-state index < -0.39 is 0 Å². The van der Waals surface area contributed by atoms with Gasteiger partial charge in [0.25, 0.3) is 0 Å². The molecule has 25 heavy (non-hydrogen) atoms. The number of hydrogen-bond acceptors (Lipinski definition) is 5. The molecule has 2 saturated heterocycles. The Morgan fingerprint density at radius 1 is 1.08 bits per heavy atom. The molecule has 0 radical (unpaired) electrons. The third kappa shape index (κ3) is 3.35. The second-order valence-corrected chi connectivity index (χ2v) is 6.94. The lowest BCUT2D eigenvalue weighted by Gasteiger charge is -2.39. The van der Waals surface area contributed by atoms with Gasteiger partial charge >= 0.3 is 0 Å². The maximum absolute atomic E-state index is 9.36. The van der Waals surface area contributed by atoms with Crippen molar-refractivity contribution in [1.82, 2.24) is 14.9 Å². The summed E-state index contributed by atoms with van der Waals surface area (Å²) >= 11 is 0. The number of anilines is 1. The minimum Gasteiger partial charge on any atom is -0.354 e. The Balaban J connectivity index is 1.45. The molecule has 4 rings (SSSR count). The SMILES string of the molecule is N#Cc1cccnc1N1CCC2CCN(CCc3ccccn3)C2C1. The quantitative estimate of drug-likeness (QED) is 0.860. The molecule has 0 N–H and O–H groups in total. The first-order valence-corrected chi connectivity index (χ1v) is 9.09. The molecule has 128 valence electrons. The summed E-state index contributed by atoms with van der Waals surface area (Å²) in [5.74, 6) is 1.62. The molecule has 0 spiro atoms. The van der Waals surface area contributed by atoms with E-state index in [0.29, 0.717) is 11.6 Å². The summed E-state index contributed by atoms with van der Waals surface area (Å²) in [7, 11) is 0. The zero-order valence-corrected chi connectivity index (χ0v) is 14.4. The zero-order valence-electron chi connectivity index (χ0n) is 14.4. The summed E-state index contributed by atoms with van der Waals surface area (Å²) in [5.41, 5.74) is 1.84. The van der Waals surface area contributed by atoms with Crippen molar-refractivity contribution >= 4 is 5.82 Å². The number of pyridine rings is 2. The average Bonchev–Trinajstić information content (AvgIpc) is 3.09. The molecule has 2 unspecified atom stereocenters. The number of fused-ring (bicyclic) bond motifs is 1. The number of piperidine rings is 1. The Morgan fingerprint density at radius 3 is 2.80 bits per heavy atom. The van der Waals surface area contributed by atoms with Crippen molar-refractivity contribution in [3.05, 3.63) is 54.0 Å². The molecule has 0 saturated carbocycles. The van der Waals surface area contributed by atoms with E-state index in [1.54, 1.807) is 6.20 Å². The fourth-order valence-electron chi connectivity index (χ4n) is 4.24. The van der Waals surface area contributed by atoms with Crippen molar-refractivity contribution in [2.24, 2.45) is 5.92 Å². The van der Waals surface area contributed by atoms with Crippen LogP contribution in [0.5, 0.6) is 0 Å². The summed E-state index contributed by atoms with van der Waals surface area (Å²) in [6, 6.07) is 12.7. The van der Waals surface area contributed by atoms with Gasteiger partial charge in [-0.1, -0.05) is 6.07 Å². The summed E-state index contributed by atoms with van der Waals surface area (Å²) in [4.78, 5) is 13.8. The fraction of sp³-hybridized carbons (Fsp3) is 0.450. The van der Waals surface area contributed by atoms with Crippen LogP contribution in [0.2, 0.25) is 0 Å². The number of aromatic nitrogens is 2. The van der Waals surface area contributed by atoms with Crippen LogP contribution in [0.15, 0.2) is 42.7 Å². The van der Waals surface area contributed by atoms with Gasteiger partial charge in [-0.25, -0.2) is 4.98 Å². The smallest absolute Gasteiger partial charge is 0.146 e. The van der Waals surface area contributed by atoms with Crippen molar-refractivity contribution in [3.8, 4) is 6.07 Å². The molecule has 0 amide bonds. The average molecular weight is 333 g/mol. The summed E-state index contributed by atoms with van der Waals surface area (Å²) in [5, 5.41) is 9.36. The van der Waals surface area contributed by atoms with Crippen LogP contribution in [0.4, 0.5) is 5.82 Å². The van der Waals surface area contributed by atoms with E-state index in [1.807, 2.05) is 24.4 Å². The number of likely N-dealkylation sites (tertiary alicyclic amines) is 1. The molecule has 2 fully saturated rings. The highest BCUT2D eigenvalue weighted by Gasteiger charge is 2.38. The Bertz CT molecular complexity index is 754. The van der Waals surface area contributed by atoms with E-state index >= 15 is 0 Å². The zero-order chi connectivity index (χ0) is 17.1. The first-order valence-electron chi connectivity index (χ1n) is 9.09. The molecule has 2 aliphatic rings. The highest BCUT2D eigenvalue weighted by atomic mass is 15.3. The highest BCUT2D eigenvalue weighted by molar-refractivity contribution is 5.54. The van der Waals surface area contributed by atoms with Crippen LogP contribution in [-0.2, 0) is 6.42 Å². The van der Waals surface area contributed by atoms with Gasteiger partial charge in [0.15, 0.2) is 0 Å². The molecule has 2 aromatic heterocycles. The first-order chi connectivity index (χ1) is 12.3. The lowest BCUT2D eigenvalue weighted by molar-refractivity contribution is 0.209. The summed E-state index contributed by atoms with van der Waals surface area (Å²) in [6.07, 6.45) is 7.13. The van der Waals surface area contributed by atoms with Crippen molar-refractivity contribution in [1.29, 1.82) is 5.26 Å². The van der Waals surface area contributed by atoms with Crippen LogP contribution in [0, 0.1) is 17.2 Å². The Labute approximate surface area is 148 Å². The van der Waals surface area contributed by atoms with Crippen LogP contribution in [-0.4, -0.2) is 47.1 Å². The van der Waals surface area contributed by atoms with Gasteiger partial charge in [-0.15, -0.1) is 0 Å². The van der Waals surface area contributed by atoms with Crippen LogP contribution in [0.1, 0.15) is 24.1 Å². The van der Waals surface area contributed by atoms with Gasteiger partial charge in [-0.3, -0.25) is 9.88 Å². The molecule has 2 aliphatic heterocycles. The standard InChI is InChI=1S/C20H23N5/c21-14-17-4-3-10-23-20(17)25-12-7-16-6-11-24(19(16)15-25)13-8-18-5-1-2-9-22-18/h1-5,9-10,16,19H,6-8,11-13,15H2. The fourth-order valence-corrected chi connectivity index (χ4v) is 4.24. The summed E-state index contributed by atoms with van der Waals surface area (Å²) in [6.45, 7) is 4.20. The largest absolute Gasteiger partial charge is 0.354 e. The van der Waals surface area contributed by atoms with E-state index in [0.717, 1.165) is 43.5 Å². The molecule has 4 heterocycles. The molecule has 2 aromatic rings. The van der Waals surface area contributed by atoms with E-state index in [2.05, 4.69) is 38.0 Å². The minimum atomic E-state index is 0.561. The molecule has 0 bridgehead atoms.